The van der Waals surface area contributed by atoms with E-state index in [2.05, 4.69) is 14.9 Å². The number of β-amino-alcohol motifs (C(OH)–C–C–N with tert-alkyl or cyclic N) is 1. The Hall–Kier alpha value is -1.44. The number of anilines is 1. The van der Waals surface area contributed by atoms with E-state index in [4.69, 9.17) is 9.47 Å². The molecule has 21 heavy (non-hydrogen) atoms. The second-order valence-corrected chi connectivity index (χ2v) is 5.32. The van der Waals surface area contributed by atoms with Crippen molar-refractivity contribution in [1.82, 2.24) is 14.9 Å². The van der Waals surface area contributed by atoms with Gasteiger partial charge in [0, 0.05) is 38.4 Å². The maximum Gasteiger partial charge on any atom is 0.228 e. The highest BCUT2D eigenvalue weighted by Crippen LogP contribution is 2.22. The molecule has 0 amide bonds. The lowest BCUT2D eigenvalue weighted by molar-refractivity contribution is -0.00588. The predicted molar refractivity (Wildman–Crippen MR) is 77.6 cm³/mol. The standard InChI is InChI=1S/C14H22N4O3/c1-2-21-13-3-4-15-14(16-13)18-9-11(12(19)10-18)17-5-7-20-8-6-17/h3-4,11-12,19H,2,5-10H2,1H3/t11-,12-/m0/s1. The van der Waals surface area contributed by atoms with E-state index in [1.165, 1.54) is 0 Å². The largest absolute Gasteiger partial charge is 0.478 e. The number of ether oxygens (including phenoxy) is 2. The van der Waals surface area contributed by atoms with Gasteiger partial charge in [-0.05, 0) is 6.92 Å². The first-order valence-electron chi connectivity index (χ1n) is 7.48. The van der Waals surface area contributed by atoms with E-state index in [0.29, 0.717) is 25.0 Å². The van der Waals surface area contributed by atoms with Crippen LogP contribution in [0.15, 0.2) is 12.3 Å². The van der Waals surface area contributed by atoms with Crippen LogP contribution in [0.3, 0.4) is 0 Å². The molecule has 3 heterocycles. The fourth-order valence-corrected chi connectivity index (χ4v) is 2.91. The van der Waals surface area contributed by atoms with Gasteiger partial charge >= 0.3 is 0 Å². The van der Waals surface area contributed by atoms with Crippen molar-refractivity contribution in [3.05, 3.63) is 12.3 Å². The molecule has 7 nitrogen and oxygen atoms in total. The molecule has 2 aliphatic heterocycles. The number of aliphatic hydroxyl groups is 1. The minimum Gasteiger partial charge on any atom is -0.478 e. The molecule has 1 aromatic rings. The fourth-order valence-electron chi connectivity index (χ4n) is 2.91. The highest BCUT2D eigenvalue weighted by molar-refractivity contribution is 5.35. The SMILES string of the molecule is CCOc1ccnc(N2C[C@H](O)[C@@H](N3CCOCC3)C2)n1. The summed E-state index contributed by atoms with van der Waals surface area (Å²) in [7, 11) is 0. The van der Waals surface area contributed by atoms with Crippen molar-refractivity contribution in [3.63, 3.8) is 0 Å². The molecular weight excluding hydrogens is 272 g/mol. The lowest BCUT2D eigenvalue weighted by Gasteiger charge is -2.33. The van der Waals surface area contributed by atoms with Crippen molar-refractivity contribution in [1.29, 1.82) is 0 Å². The Bertz CT molecular complexity index is 467. The Balaban J connectivity index is 1.68. The number of aromatic nitrogens is 2. The van der Waals surface area contributed by atoms with Crippen LogP contribution in [0.25, 0.3) is 0 Å². The molecular formula is C14H22N4O3. The molecule has 0 radical (unpaired) electrons. The van der Waals surface area contributed by atoms with E-state index < -0.39 is 0 Å². The molecule has 2 aliphatic rings. The zero-order valence-electron chi connectivity index (χ0n) is 12.3. The third-order valence-electron chi connectivity index (χ3n) is 3.97. The molecule has 1 N–H and O–H groups in total. The molecule has 2 atom stereocenters. The second-order valence-electron chi connectivity index (χ2n) is 5.32. The molecule has 0 saturated carbocycles. The highest BCUT2D eigenvalue weighted by Gasteiger charge is 2.37. The van der Waals surface area contributed by atoms with Gasteiger partial charge in [0.1, 0.15) is 0 Å². The van der Waals surface area contributed by atoms with E-state index in [0.717, 1.165) is 32.8 Å². The molecule has 0 aliphatic carbocycles. The third-order valence-corrected chi connectivity index (χ3v) is 3.97. The average Bonchev–Trinajstić information content (AvgIpc) is 2.91. The molecule has 116 valence electrons. The molecule has 1 aromatic heterocycles. The molecule has 0 aromatic carbocycles. The van der Waals surface area contributed by atoms with Gasteiger partial charge in [-0.2, -0.15) is 4.98 Å². The van der Waals surface area contributed by atoms with E-state index >= 15 is 0 Å². The topological polar surface area (TPSA) is 71.0 Å². The van der Waals surface area contributed by atoms with Crippen molar-refractivity contribution in [3.8, 4) is 5.88 Å². The number of aliphatic hydroxyl groups excluding tert-OH is 1. The van der Waals surface area contributed by atoms with Crippen molar-refractivity contribution in [2.75, 3.05) is 50.9 Å². The molecule has 0 unspecified atom stereocenters. The van der Waals surface area contributed by atoms with Crippen LogP contribution < -0.4 is 9.64 Å². The van der Waals surface area contributed by atoms with Crippen LogP contribution in [-0.4, -0.2) is 78.1 Å². The van der Waals surface area contributed by atoms with Crippen LogP contribution in [0.5, 0.6) is 5.88 Å². The van der Waals surface area contributed by atoms with Gasteiger partial charge in [0.2, 0.25) is 11.8 Å². The summed E-state index contributed by atoms with van der Waals surface area (Å²) < 4.78 is 10.8. The van der Waals surface area contributed by atoms with Crippen molar-refractivity contribution < 1.29 is 14.6 Å². The Labute approximate surface area is 124 Å². The summed E-state index contributed by atoms with van der Waals surface area (Å²) in [5, 5.41) is 10.3. The van der Waals surface area contributed by atoms with Gasteiger partial charge in [0.25, 0.3) is 0 Å². The van der Waals surface area contributed by atoms with Crippen LogP contribution in [0.4, 0.5) is 5.95 Å². The summed E-state index contributed by atoms with van der Waals surface area (Å²) in [5.74, 6) is 1.20. The molecule has 2 fully saturated rings. The first-order valence-corrected chi connectivity index (χ1v) is 7.48. The summed E-state index contributed by atoms with van der Waals surface area (Å²) in [6.07, 6.45) is 1.31. The number of morpholine rings is 1. The second kappa shape index (κ2) is 6.55. The van der Waals surface area contributed by atoms with E-state index in [1.54, 1.807) is 12.3 Å². The maximum atomic E-state index is 10.3. The van der Waals surface area contributed by atoms with Gasteiger partial charge in [0.15, 0.2) is 0 Å². The van der Waals surface area contributed by atoms with E-state index in [-0.39, 0.29) is 12.1 Å². The third kappa shape index (κ3) is 3.25. The summed E-state index contributed by atoms with van der Waals surface area (Å²) in [4.78, 5) is 13.0. The van der Waals surface area contributed by atoms with Crippen LogP contribution in [0.2, 0.25) is 0 Å². The zero-order valence-corrected chi connectivity index (χ0v) is 12.3. The highest BCUT2D eigenvalue weighted by atomic mass is 16.5. The predicted octanol–water partition coefficient (Wildman–Crippen LogP) is -0.243. The quantitative estimate of drug-likeness (QED) is 0.821. The van der Waals surface area contributed by atoms with Crippen LogP contribution >= 0.6 is 0 Å². The molecule has 7 heteroatoms. The van der Waals surface area contributed by atoms with Crippen LogP contribution in [-0.2, 0) is 4.74 Å². The lowest BCUT2D eigenvalue weighted by atomic mass is 10.2. The van der Waals surface area contributed by atoms with Gasteiger partial charge in [-0.1, -0.05) is 0 Å². The summed E-state index contributed by atoms with van der Waals surface area (Å²) >= 11 is 0. The molecule has 0 spiro atoms. The zero-order chi connectivity index (χ0) is 14.7. The van der Waals surface area contributed by atoms with Gasteiger partial charge in [-0.25, -0.2) is 4.98 Å². The molecule has 2 saturated heterocycles. The van der Waals surface area contributed by atoms with Gasteiger partial charge < -0.3 is 19.5 Å². The first-order chi connectivity index (χ1) is 10.3. The molecule has 0 bridgehead atoms. The number of nitrogens with zero attached hydrogens (tertiary/aromatic N) is 4. The Kier molecular flexibility index (Phi) is 4.52. The van der Waals surface area contributed by atoms with Gasteiger partial charge in [0.05, 0.1) is 32.0 Å². The average molecular weight is 294 g/mol. The van der Waals surface area contributed by atoms with Crippen molar-refractivity contribution >= 4 is 5.95 Å². The van der Waals surface area contributed by atoms with Gasteiger partial charge in [-0.15, -0.1) is 0 Å². The van der Waals surface area contributed by atoms with Crippen molar-refractivity contribution in [2.45, 2.75) is 19.1 Å². The van der Waals surface area contributed by atoms with E-state index in [1.807, 2.05) is 11.8 Å². The number of hydrogen-bond donors (Lipinski definition) is 1. The fraction of sp³-hybridized carbons (Fsp3) is 0.714. The smallest absolute Gasteiger partial charge is 0.228 e. The number of hydrogen-bond acceptors (Lipinski definition) is 7. The first kappa shape index (κ1) is 14.5. The summed E-state index contributed by atoms with van der Waals surface area (Å²) in [5.41, 5.74) is 0. The van der Waals surface area contributed by atoms with Crippen molar-refractivity contribution in [2.24, 2.45) is 0 Å². The lowest BCUT2D eigenvalue weighted by Crippen LogP contribution is -2.48. The normalized spacial score (nSPS) is 27.0. The Morgan fingerprint density at radius 3 is 2.95 bits per heavy atom. The number of rotatable bonds is 4. The van der Waals surface area contributed by atoms with Crippen LogP contribution in [0, 0.1) is 0 Å². The Morgan fingerprint density at radius 2 is 2.19 bits per heavy atom. The maximum absolute atomic E-state index is 10.3. The molecule has 3 rings (SSSR count). The van der Waals surface area contributed by atoms with E-state index in [9.17, 15) is 5.11 Å². The van der Waals surface area contributed by atoms with Crippen LogP contribution in [0.1, 0.15) is 6.92 Å². The minimum atomic E-state index is -0.387. The minimum absolute atomic E-state index is 0.119. The Morgan fingerprint density at radius 1 is 1.38 bits per heavy atom. The summed E-state index contributed by atoms with van der Waals surface area (Å²) in [6, 6.07) is 1.87. The monoisotopic (exact) mass is 294 g/mol. The van der Waals surface area contributed by atoms with Gasteiger partial charge in [-0.3, -0.25) is 4.90 Å². The summed E-state index contributed by atoms with van der Waals surface area (Å²) in [6.45, 7) is 7.00.